The SMILES string of the molecule is C1=CCC(C(c2ccccc2)c2c(-c3ccccc3)[nH]c3ccccc23)=C1. The summed E-state index contributed by atoms with van der Waals surface area (Å²) in [6, 6.07) is 30.2. The maximum absolute atomic E-state index is 3.71. The van der Waals surface area contributed by atoms with Crippen LogP contribution in [0, 0.1) is 0 Å². The number of rotatable bonds is 4. The van der Waals surface area contributed by atoms with Crippen LogP contribution >= 0.6 is 0 Å². The largest absolute Gasteiger partial charge is 0.354 e. The highest BCUT2D eigenvalue weighted by molar-refractivity contribution is 5.92. The van der Waals surface area contributed by atoms with Crippen LogP contribution in [0.4, 0.5) is 0 Å². The minimum atomic E-state index is 0.243. The third-order valence-corrected chi connectivity index (χ3v) is 5.40. The Morgan fingerprint density at radius 2 is 1.44 bits per heavy atom. The summed E-state index contributed by atoms with van der Waals surface area (Å²) in [5, 5.41) is 1.30. The molecule has 1 aromatic heterocycles. The first-order valence-corrected chi connectivity index (χ1v) is 9.48. The van der Waals surface area contributed by atoms with Gasteiger partial charge in [-0.25, -0.2) is 0 Å². The summed E-state index contributed by atoms with van der Waals surface area (Å²) in [6.45, 7) is 0. The lowest BCUT2D eigenvalue weighted by Crippen LogP contribution is -2.05. The van der Waals surface area contributed by atoms with E-state index in [9.17, 15) is 0 Å². The monoisotopic (exact) mass is 347 g/mol. The van der Waals surface area contributed by atoms with Crippen molar-refractivity contribution in [2.24, 2.45) is 0 Å². The van der Waals surface area contributed by atoms with E-state index in [1.807, 2.05) is 0 Å². The molecule has 0 bridgehead atoms. The van der Waals surface area contributed by atoms with Gasteiger partial charge < -0.3 is 4.98 Å². The lowest BCUT2D eigenvalue weighted by atomic mass is 9.82. The van der Waals surface area contributed by atoms with Gasteiger partial charge in [-0.2, -0.15) is 0 Å². The Bertz CT molecular complexity index is 1130. The molecule has 4 aromatic rings. The number of allylic oxidation sites excluding steroid dienone is 4. The Morgan fingerprint density at radius 3 is 2.19 bits per heavy atom. The number of H-pyrrole nitrogens is 1. The van der Waals surface area contributed by atoms with Crippen molar-refractivity contribution in [2.45, 2.75) is 12.3 Å². The number of nitrogens with one attached hydrogen (secondary N) is 1. The number of para-hydroxylation sites is 1. The molecule has 0 saturated carbocycles. The molecule has 0 fully saturated rings. The van der Waals surface area contributed by atoms with Crippen LogP contribution in [0.25, 0.3) is 22.2 Å². The first-order chi connectivity index (χ1) is 13.4. The number of hydrogen-bond acceptors (Lipinski definition) is 0. The fraction of sp³-hybridized carbons (Fsp3) is 0.0769. The van der Waals surface area contributed by atoms with Crippen molar-refractivity contribution in [2.75, 3.05) is 0 Å². The van der Waals surface area contributed by atoms with Gasteiger partial charge in [-0.1, -0.05) is 103 Å². The fourth-order valence-electron chi connectivity index (χ4n) is 4.19. The molecule has 1 aliphatic rings. The van der Waals surface area contributed by atoms with Crippen molar-refractivity contribution >= 4 is 10.9 Å². The highest BCUT2D eigenvalue weighted by atomic mass is 14.7. The van der Waals surface area contributed by atoms with E-state index in [0.717, 1.165) is 6.42 Å². The number of aromatic nitrogens is 1. The number of fused-ring (bicyclic) bond motifs is 1. The Kier molecular flexibility index (Phi) is 3.99. The van der Waals surface area contributed by atoms with Gasteiger partial charge in [-0.3, -0.25) is 0 Å². The van der Waals surface area contributed by atoms with Crippen LogP contribution in [0.3, 0.4) is 0 Å². The molecule has 0 amide bonds. The first-order valence-electron chi connectivity index (χ1n) is 9.48. The second-order valence-corrected chi connectivity index (χ2v) is 7.04. The number of hydrogen-bond donors (Lipinski definition) is 1. The van der Waals surface area contributed by atoms with Crippen molar-refractivity contribution in [3.63, 3.8) is 0 Å². The van der Waals surface area contributed by atoms with Crippen LogP contribution in [0.2, 0.25) is 0 Å². The number of benzene rings is 3. The van der Waals surface area contributed by atoms with E-state index >= 15 is 0 Å². The standard InChI is InChI=1S/C26H21N/c1-3-11-19(12-4-1)24(20-13-7-8-14-20)25-22-17-9-10-18-23(22)27-26(25)21-15-5-2-6-16-21/h1-13,15-18,24,27H,14H2. The van der Waals surface area contributed by atoms with Gasteiger partial charge in [0.25, 0.3) is 0 Å². The molecule has 0 radical (unpaired) electrons. The summed E-state index contributed by atoms with van der Waals surface area (Å²) in [5.74, 6) is 0.243. The molecule has 3 aromatic carbocycles. The normalized spacial score (nSPS) is 14.4. The third-order valence-electron chi connectivity index (χ3n) is 5.40. The van der Waals surface area contributed by atoms with Gasteiger partial charge in [0.15, 0.2) is 0 Å². The molecule has 130 valence electrons. The Hall–Kier alpha value is -3.32. The smallest absolute Gasteiger partial charge is 0.0506 e. The molecule has 1 heteroatoms. The van der Waals surface area contributed by atoms with E-state index in [2.05, 4.69) is 108 Å². The van der Waals surface area contributed by atoms with Crippen LogP contribution in [-0.2, 0) is 0 Å². The van der Waals surface area contributed by atoms with E-state index in [1.165, 1.54) is 38.9 Å². The van der Waals surface area contributed by atoms with Crippen molar-refractivity contribution < 1.29 is 0 Å². The Labute approximate surface area is 159 Å². The van der Waals surface area contributed by atoms with E-state index < -0.39 is 0 Å². The summed E-state index contributed by atoms with van der Waals surface area (Å²) >= 11 is 0. The zero-order valence-electron chi connectivity index (χ0n) is 15.1. The summed E-state index contributed by atoms with van der Waals surface area (Å²) < 4.78 is 0. The van der Waals surface area contributed by atoms with Crippen molar-refractivity contribution in [1.82, 2.24) is 4.98 Å². The molecular weight excluding hydrogens is 326 g/mol. The maximum atomic E-state index is 3.71. The topological polar surface area (TPSA) is 15.8 Å². The van der Waals surface area contributed by atoms with Crippen molar-refractivity contribution in [1.29, 1.82) is 0 Å². The zero-order chi connectivity index (χ0) is 18.1. The predicted octanol–water partition coefficient (Wildman–Crippen LogP) is 6.85. The minimum Gasteiger partial charge on any atom is -0.354 e. The molecule has 1 nitrogen and oxygen atoms in total. The van der Waals surface area contributed by atoms with Crippen LogP contribution < -0.4 is 0 Å². The molecule has 1 aliphatic carbocycles. The van der Waals surface area contributed by atoms with Gasteiger partial charge in [0.2, 0.25) is 0 Å². The van der Waals surface area contributed by atoms with Crippen LogP contribution in [0.1, 0.15) is 23.5 Å². The maximum Gasteiger partial charge on any atom is 0.0506 e. The van der Waals surface area contributed by atoms with Gasteiger partial charge in [0.05, 0.1) is 5.69 Å². The second-order valence-electron chi connectivity index (χ2n) is 7.04. The number of aromatic amines is 1. The third kappa shape index (κ3) is 2.82. The molecular formula is C26H21N. The molecule has 1 unspecified atom stereocenters. The van der Waals surface area contributed by atoms with Gasteiger partial charge in [0.1, 0.15) is 0 Å². The first kappa shape index (κ1) is 15.9. The van der Waals surface area contributed by atoms with Crippen LogP contribution in [-0.4, -0.2) is 4.98 Å². The molecule has 1 heterocycles. The van der Waals surface area contributed by atoms with E-state index in [1.54, 1.807) is 0 Å². The van der Waals surface area contributed by atoms with E-state index in [0.29, 0.717) is 0 Å². The van der Waals surface area contributed by atoms with Crippen LogP contribution in [0.5, 0.6) is 0 Å². The molecule has 5 rings (SSSR count). The van der Waals surface area contributed by atoms with Crippen molar-refractivity contribution in [3.05, 3.63) is 120 Å². The quantitative estimate of drug-likeness (QED) is 0.415. The molecule has 0 spiro atoms. The summed E-state index contributed by atoms with van der Waals surface area (Å²) in [4.78, 5) is 3.71. The predicted molar refractivity (Wildman–Crippen MR) is 114 cm³/mol. The van der Waals surface area contributed by atoms with E-state index in [4.69, 9.17) is 0 Å². The van der Waals surface area contributed by atoms with Gasteiger partial charge >= 0.3 is 0 Å². The van der Waals surface area contributed by atoms with Crippen LogP contribution in [0.15, 0.2) is 109 Å². The summed E-state index contributed by atoms with van der Waals surface area (Å²) in [7, 11) is 0. The summed E-state index contributed by atoms with van der Waals surface area (Å²) in [5.41, 5.74) is 7.81. The van der Waals surface area contributed by atoms with Gasteiger partial charge in [0, 0.05) is 16.8 Å². The molecule has 27 heavy (non-hydrogen) atoms. The van der Waals surface area contributed by atoms with Crippen molar-refractivity contribution in [3.8, 4) is 11.3 Å². The molecule has 1 atom stereocenters. The average Bonchev–Trinajstić information content (AvgIpc) is 3.39. The van der Waals surface area contributed by atoms with Gasteiger partial charge in [-0.05, 0) is 29.2 Å². The lowest BCUT2D eigenvalue weighted by molar-refractivity contribution is 0.930. The Balaban J connectivity index is 1.81. The van der Waals surface area contributed by atoms with Gasteiger partial charge in [-0.15, -0.1) is 0 Å². The van der Waals surface area contributed by atoms with E-state index in [-0.39, 0.29) is 5.92 Å². The molecule has 0 aliphatic heterocycles. The Morgan fingerprint density at radius 1 is 0.741 bits per heavy atom. The average molecular weight is 347 g/mol. The zero-order valence-corrected chi connectivity index (χ0v) is 15.1. The highest BCUT2D eigenvalue weighted by Crippen LogP contribution is 2.44. The second kappa shape index (κ2) is 6.77. The molecule has 0 saturated heterocycles. The highest BCUT2D eigenvalue weighted by Gasteiger charge is 2.26. The fourth-order valence-corrected chi connectivity index (χ4v) is 4.19. The molecule has 1 N–H and O–H groups in total. The minimum absolute atomic E-state index is 0.243. The lowest BCUT2D eigenvalue weighted by Gasteiger charge is -2.21. The summed E-state index contributed by atoms with van der Waals surface area (Å²) in [6.07, 6.45) is 7.73.